The average molecular weight is 343 g/mol. The molecule has 0 saturated carbocycles. The van der Waals surface area contributed by atoms with Crippen molar-refractivity contribution in [1.29, 1.82) is 0 Å². The summed E-state index contributed by atoms with van der Waals surface area (Å²) in [6.45, 7) is 0.423. The summed E-state index contributed by atoms with van der Waals surface area (Å²) in [6.07, 6.45) is 0. The van der Waals surface area contributed by atoms with Gasteiger partial charge >= 0.3 is 0 Å². The Balaban J connectivity index is 2.08. The lowest BCUT2D eigenvalue weighted by Crippen LogP contribution is -1.97. The Labute approximate surface area is 125 Å². The van der Waals surface area contributed by atoms with E-state index in [4.69, 9.17) is 26.8 Å². The fourth-order valence-electron chi connectivity index (χ4n) is 1.59. The van der Waals surface area contributed by atoms with Gasteiger partial charge in [-0.2, -0.15) is 0 Å². The Hall–Kier alpha value is -1.39. The van der Waals surface area contributed by atoms with Gasteiger partial charge in [-0.15, -0.1) is 0 Å². The number of hydrogen-bond acceptors (Lipinski definition) is 3. The molecule has 0 saturated heterocycles. The second-order valence-corrected chi connectivity index (χ2v) is 5.21. The highest BCUT2D eigenvalue weighted by Gasteiger charge is 2.05. The van der Waals surface area contributed by atoms with Gasteiger partial charge in [0.25, 0.3) is 0 Å². The third-order valence-corrected chi connectivity index (χ3v) is 3.48. The molecule has 3 nitrogen and oxygen atoms in total. The topological polar surface area (TPSA) is 44.5 Å². The summed E-state index contributed by atoms with van der Waals surface area (Å²) in [7, 11) is 1.63. The fraction of sp³-hybridized carbons (Fsp3) is 0.143. The van der Waals surface area contributed by atoms with Crippen LogP contribution in [-0.4, -0.2) is 7.11 Å². The Morgan fingerprint density at radius 2 is 1.89 bits per heavy atom. The average Bonchev–Trinajstić information content (AvgIpc) is 2.38. The lowest BCUT2D eigenvalue weighted by Gasteiger charge is -2.10. The molecular weight excluding hydrogens is 330 g/mol. The van der Waals surface area contributed by atoms with Gasteiger partial charge in [0.05, 0.1) is 16.6 Å². The zero-order chi connectivity index (χ0) is 13.8. The molecule has 0 fully saturated rings. The molecule has 0 atom stereocenters. The predicted octanol–water partition coefficient (Wildman–Crippen LogP) is 4.27. The first-order valence-electron chi connectivity index (χ1n) is 5.60. The van der Waals surface area contributed by atoms with E-state index in [0.717, 1.165) is 15.8 Å². The lowest BCUT2D eigenvalue weighted by atomic mass is 10.2. The largest absolute Gasteiger partial charge is 0.496 e. The van der Waals surface area contributed by atoms with Crippen LogP contribution in [0.4, 0.5) is 5.69 Å². The molecule has 5 heteroatoms. The molecule has 0 amide bonds. The predicted molar refractivity (Wildman–Crippen MR) is 80.9 cm³/mol. The van der Waals surface area contributed by atoms with Crippen LogP contribution in [0.15, 0.2) is 40.9 Å². The lowest BCUT2D eigenvalue weighted by molar-refractivity contribution is 0.306. The molecule has 19 heavy (non-hydrogen) atoms. The van der Waals surface area contributed by atoms with Crippen molar-refractivity contribution in [3.8, 4) is 11.5 Å². The van der Waals surface area contributed by atoms with Gasteiger partial charge in [-0.1, -0.05) is 17.7 Å². The first kappa shape index (κ1) is 14.0. The van der Waals surface area contributed by atoms with Crippen molar-refractivity contribution in [2.45, 2.75) is 6.61 Å². The van der Waals surface area contributed by atoms with E-state index in [1.807, 2.05) is 18.2 Å². The highest BCUT2D eigenvalue weighted by molar-refractivity contribution is 9.10. The van der Waals surface area contributed by atoms with Crippen molar-refractivity contribution in [3.05, 3.63) is 51.5 Å². The zero-order valence-corrected chi connectivity index (χ0v) is 12.7. The maximum Gasteiger partial charge on any atom is 0.138 e. The van der Waals surface area contributed by atoms with Gasteiger partial charge < -0.3 is 15.2 Å². The van der Waals surface area contributed by atoms with Gasteiger partial charge in [-0.05, 0) is 51.8 Å². The minimum atomic E-state index is 0.423. The van der Waals surface area contributed by atoms with Crippen LogP contribution in [-0.2, 0) is 6.61 Å². The Morgan fingerprint density at radius 3 is 2.53 bits per heavy atom. The quantitative estimate of drug-likeness (QED) is 0.844. The number of benzene rings is 2. The summed E-state index contributed by atoms with van der Waals surface area (Å²) in [6, 6.07) is 11.0. The second kappa shape index (κ2) is 6.17. The molecule has 0 aliphatic rings. The van der Waals surface area contributed by atoms with Crippen LogP contribution in [0.1, 0.15) is 5.56 Å². The number of nitrogen functional groups attached to an aromatic ring is 1. The summed E-state index contributed by atoms with van der Waals surface area (Å²) in [5.41, 5.74) is 7.26. The van der Waals surface area contributed by atoms with Gasteiger partial charge in [-0.25, -0.2) is 0 Å². The molecule has 2 aromatic carbocycles. The van der Waals surface area contributed by atoms with E-state index in [1.54, 1.807) is 25.3 Å². The molecule has 2 aromatic rings. The highest BCUT2D eigenvalue weighted by atomic mass is 79.9. The number of methoxy groups -OCH3 is 1. The van der Waals surface area contributed by atoms with E-state index >= 15 is 0 Å². The van der Waals surface area contributed by atoms with Crippen molar-refractivity contribution in [1.82, 2.24) is 0 Å². The van der Waals surface area contributed by atoms with E-state index in [0.29, 0.717) is 23.1 Å². The Bertz CT molecular complexity index is 590. The van der Waals surface area contributed by atoms with Crippen LogP contribution in [0.25, 0.3) is 0 Å². The minimum absolute atomic E-state index is 0.423. The molecule has 0 spiro atoms. The van der Waals surface area contributed by atoms with Gasteiger partial charge in [0.1, 0.15) is 18.1 Å². The third-order valence-electron chi connectivity index (χ3n) is 2.57. The van der Waals surface area contributed by atoms with Gasteiger partial charge in [-0.3, -0.25) is 0 Å². The summed E-state index contributed by atoms with van der Waals surface area (Å²) in [4.78, 5) is 0. The SMILES string of the molecule is COc1ccc(COc2ccc(N)cc2Cl)cc1Br. The highest BCUT2D eigenvalue weighted by Crippen LogP contribution is 2.29. The van der Waals surface area contributed by atoms with Crippen molar-refractivity contribution in [2.24, 2.45) is 0 Å². The molecule has 0 aliphatic heterocycles. The molecule has 0 heterocycles. The molecular formula is C14H13BrClNO2. The van der Waals surface area contributed by atoms with E-state index < -0.39 is 0 Å². The van der Waals surface area contributed by atoms with E-state index in [2.05, 4.69) is 15.9 Å². The van der Waals surface area contributed by atoms with Crippen molar-refractivity contribution in [3.63, 3.8) is 0 Å². The fourth-order valence-corrected chi connectivity index (χ4v) is 2.43. The molecule has 0 aromatic heterocycles. The first-order valence-corrected chi connectivity index (χ1v) is 6.77. The number of nitrogens with two attached hydrogens (primary N) is 1. The maximum absolute atomic E-state index is 6.04. The third kappa shape index (κ3) is 3.55. The summed E-state index contributed by atoms with van der Waals surface area (Å²) < 4.78 is 11.7. The van der Waals surface area contributed by atoms with Crippen LogP contribution < -0.4 is 15.2 Å². The van der Waals surface area contributed by atoms with Crippen LogP contribution in [0.5, 0.6) is 11.5 Å². The van der Waals surface area contributed by atoms with E-state index in [1.165, 1.54) is 0 Å². The first-order chi connectivity index (χ1) is 9.10. The monoisotopic (exact) mass is 341 g/mol. The second-order valence-electron chi connectivity index (χ2n) is 3.95. The minimum Gasteiger partial charge on any atom is -0.496 e. The number of anilines is 1. The van der Waals surface area contributed by atoms with E-state index in [9.17, 15) is 0 Å². The van der Waals surface area contributed by atoms with Crippen molar-refractivity contribution >= 4 is 33.2 Å². The molecule has 0 bridgehead atoms. The van der Waals surface area contributed by atoms with Crippen LogP contribution in [0.3, 0.4) is 0 Å². The van der Waals surface area contributed by atoms with Crippen LogP contribution >= 0.6 is 27.5 Å². The van der Waals surface area contributed by atoms with Gasteiger partial charge in [0.15, 0.2) is 0 Å². The smallest absolute Gasteiger partial charge is 0.138 e. The molecule has 0 radical (unpaired) electrons. The summed E-state index contributed by atoms with van der Waals surface area (Å²) in [5.74, 6) is 1.40. The Kier molecular flexibility index (Phi) is 4.56. The number of hydrogen-bond donors (Lipinski definition) is 1. The standard InChI is InChI=1S/C14H13BrClNO2/c1-18-13-4-2-9(6-11(13)15)8-19-14-5-3-10(17)7-12(14)16/h2-7H,8,17H2,1H3. The molecule has 0 aliphatic carbocycles. The normalized spacial score (nSPS) is 10.3. The van der Waals surface area contributed by atoms with Crippen molar-refractivity contribution in [2.75, 3.05) is 12.8 Å². The van der Waals surface area contributed by atoms with Gasteiger partial charge in [0.2, 0.25) is 0 Å². The molecule has 0 unspecified atom stereocenters. The zero-order valence-electron chi connectivity index (χ0n) is 10.3. The number of halogens is 2. The van der Waals surface area contributed by atoms with Crippen LogP contribution in [0, 0.1) is 0 Å². The summed E-state index contributed by atoms with van der Waals surface area (Å²) >= 11 is 9.47. The molecule has 100 valence electrons. The number of ether oxygens (including phenoxy) is 2. The van der Waals surface area contributed by atoms with E-state index in [-0.39, 0.29) is 0 Å². The van der Waals surface area contributed by atoms with Gasteiger partial charge in [0, 0.05) is 5.69 Å². The van der Waals surface area contributed by atoms with Crippen molar-refractivity contribution < 1.29 is 9.47 Å². The van der Waals surface area contributed by atoms with Crippen LogP contribution in [0.2, 0.25) is 5.02 Å². The molecule has 2 N–H and O–H groups in total. The Morgan fingerprint density at radius 1 is 1.16 bits per heavy atom. The maximum atomic E-state index is 6.04. The number of rotatable bonds is 4. The molecule has 2 rings (SSSR count). The summed E-state index contributed by atoms with van der Waals surface area (Å²) in [5, 5.41) is 0.507.